The molecule has 0 radical (unpaired) electrons. The molecular weight excluding hydrogens is 324 g/mol. The predicted molar refractivity (Wildman–Crippen MR) is 110 cm³/mol. The average Bonchev–Trinajstić information content (AvgIpc) is 2.56. The first-order valence-electron chi connectivity index (χ1n) is 11.0. The molecule has 0 heterocycles. The molecule has 0 aromatic carbocycles. The van der Waals surface area contributed by atoms with Gasteiger partial charge in [0.15, 0.2) is 0 Å². The Kier molecular flexibility index (Phi) is 14.7. The third kappa shape index (κ3) is 11.7. The summed E-state index contributed by atoms with van der Waals surface area (Å²) in [6.45, 7) is 13.2. The molecule has 0 aliphatic carbocycles. The summed E-state index contributed by atoms with van der Waals surface area (Å²) in [5.41, 5.74) is 0. The van der Waals surface area contributed by atoms with Crippen LogP contribution in [0.25, 0.3) is 0 Å². The number of ketones is 1. The molecule has 0 aromatic rings. The van der Waals surface area contributed by atoms with Gasteiger partial charge in [0, 0.05) is 12.3 Å². The summed E-state index contributed by atoms with van der Waals surface area (Å²) in [7, 11) is 0. The van der Waals surface area contributed by atoms with Crippen LogP contribution >= 0.6 is 0 Å². The van der Waals surface area contributed by atoms with Crippen molar-refractivity contribution in [2.24, 2.45) is 23.7 Å². The second-order valence-electron chi connectivity index (χ2n) is 8.62. The zero-order valence-electron chi connectivity index (χ0n) is 18.3. The molecule has 2 unspecified atom stereocenters. The molecule has 0 saturated carbocycles. The zero-order chi connectivity index (χ0) is 19.9. The Balaban J connectivity index is 4.74. The molecule has 0 rings (SSSR count). The van der Waals surface area contributed by atoms with Gasteiger partial charge in [-0.15, -0.1) is 0 Å². The second-order valence-corrected chi connectivity index (χ2v) is 8.62. The summed E-state index contributed by atoms with van der Waals surface area (Å²) in [5, 5.41) is 0. The molecule has 0 N–H and O–H groups in total. The van der Waals surface area contributed by atoms with Crippen molar-refractivity contribution in [3.05, 3.63) is 0 Å². The lowest BCUT2D eigenvalue weighted by atomic mass is 9.77. The minimum absolute atomic E-state index is 0.151. The van der Waals surface area contributed by atoms with Gasteiger partial charge in [-0.25, -0.2) is 0 Å². The fourth-order valence-electron chi connectivity index (χ4n) is 3.55. The van der Waals surface area contributed by atoms with Gasteiger partial charge >= 0.3 is 5.97 Å². The summed E-state index contributed by atoms with van der Waals surface area (Å²) in [4.78, 5) is 25.4. The quantitative estimate of drug-likeness (QED) is 0.228. The van der Waals surface area contributed by atoms with Gasteiger partial charge in [0.05, 0.1) is 12.5 Å². The molecule has 0 aliphatic heterocycles. The van der Waals surface area contributed by atoms with Gasteiger partial charge in [-0.3, -0.25) is 9.59 Å². The highest BCUT2D eigenvalue weighted by atomic mass is 16.5. The fraction of sp³-hybridized carbons (Fsp3) is 0.913. The first kappa shape index (κ1) is 25.1. The zero-order valence-corrected chi connectivity index (χ0v) is 18.3. The Morgan fingerprint density at radius 3 is 1.81 bits per heavy atom. The molecule has 0 saturated heterocycles. The van der Waals surface area contributed by atoms with Gasteiger partial charge in [0.25, 0.3) is 0 Å². The first-order chi connectivity index (χ1) is 12.3. The number of esters is 1. The normalized spacial score (nSPS) is 13.8. The molecule has 0 fully saturated rings. The summed E-state index contributed by atoms with van der Waals surface area (Å²) in [6, 6.07) is 0. The molecule has 0 bridgehead atoms. The Labute approximate surface area is 162 Å². The van der Waals surface area contributed by atoms with Gasteiger partial charge in [-0.1, -0.05) is 73.6 Å². The van der Waals surface area contributed by atoms with E-state index in [2.05, 4.69) is 34.6 Å². The highest BCUT2D eigenvalue weighted by molar-refractivity contribution is 5.86. The van der Waals surface area contributed by atoms with Crippen LogP contribution in [0.3, 0.4) is 0 Å². The monoisotopic (exact) mass is 368 g/mol. The lowest BCUT2D eigenvalue weighted by molar-refractivity contribution is -0.154. The van der Waals surface area contributed by atoms with Crippen LogP contribution in [0, 0.1) is 23.7 Å². The van der Waals surface area contributed by atoms with Gasteiger partial charge in [0.1, 0.15) is 5.78 Å². The van der Waals surface area contributed by atoms with Crippen molar-refractivity contribution in [3.63, 3.8) is 0 Å². The van der Waals surface area contributed by atoms with Crippen molar-refractivity contribution in [3.8, 4) is 0 Å². The third-order valence-electron chi connectivity index (χ3n) is 4.89. The number of hydrogen-bond acceptors (Lipinski definition) is 3. The van der Waals surface area contributed by atoms with E-state index in [0.29, 0.717) is 24.9 Å². The van der Waals surface area contributed by atoms with Crippen molar-refractivity contribution in [1.82, 2.24) is 0 Å². The molecule has 3 nitrogen and oxygen atoms in total. The van der Waals surface area contributed by atoms with Crippen molar-refractivity contribution in [1.29, 1.82) is 0 Å². The highest BCUT2D eigenvalue weighted by Gasteiger charge is 2.34. The van der Waals surface area contributed by atoms with E-state index in [1.54, 1.807) is 0 Å². The van der Waals surface area contributed by atoms with Gasteiger partial charge in [-0.2, -0.15) is 0 Å². The minimum Gasteiger partial charge on any atom is -0.465 e. The van der Waals surface area contributed by atoms with E-state index in [1.165, 1.54) is 25.7 Å². The van der Waals surface area contributed by atoms with E-state index >= 15 is 0 Å². The van der Waals surface area contributed by atoms with Crippen LogP contribution in [0.5, 0.6) is 0 Å². The molecule has 0 amide bonds. The number of Topliss-reactive ketones (excluding diaryl/α,β-unsaturated/α-hetero) is 1. The molecule has 2 atom stereocenters. The average molecular weight is 369 g/mol. The van der Waals surface area contributed by atoms with E-state index in [0.717, 1.165) is 32.1 Å². The maximum absolute atomic E-state index is 12.8. The number of hydrogen-bond donors (Lipinski definition) is 0. The number of carbonyl (C=O) groups is 2. The van der Waals surface area contributed by atoms with Crippen LogP contribution in [0.15, 0.2) is 0 Å². The molecule has 0 spiro atoms. The van der Waals surface area contributed by atoms with E-state index in [-0.39, 0.29) is 23.6 Å². The Bertz CT molecular complexity index is 374. The van der Waals surface area contributed by atoms with Gasteiger partial charge in [-0.05, 0) is 37.5 Å². The van der Waals surface area contributed by atoms with Crippen LogP contribution in [-0.4, -0.2) is 18.4 Å². The van der Waals surface area contributed by atoms with E-state index in [4.69, 9.17) is 4.74 Å². The maximum atomic E-state index is 12.8. The lowest BCUT2D eigenvalue weighted by Gasteiger charge is -2.27. The third-order valence-corrected chi connectivity index (χ3v) is 4.89. The summed E-state index contributed by atoms with van der Waals surface area (Å²) < 4.78 is 5.61. The van der Waals surface area contributed by atoms with Crippen molar-refractivity contribution in [2.75, 3.05) is 6.61 Å². The van der Waals surface area contributed by atoms with Crippen LogP contribution < -0.4 is 0 Å². The molecule has 26 heavy (non-hydrogen) atoms. The lowest BCUT2D eigenvalue weighted by Crippen LogP contribution is -2.33. The number of carbonyl (C=O) groups excluding carboxylic acids is 2. The molecule has 3 heteroatoms. The van der Waals surface area contributed by atoms with Crippen molar-refractivity contribution < 1.29 is 14.3 Å². The minimum atomic E-state index is -0.281. The molecule has 0 aliphatic rings. The van der Waals surface area contributed by atoms with Gasteiger partial charge < -0.3 is 4.74 Å². The van der Waals surface area contributed by atoms with Crippen LogP contribution in [0.4, 0.5) is 0 Å². The van der Waals surface area contributed by atoms with Crippen LogP contribution in [0.1, 0.15) is 106 Å². The number of ether oxygens (including phenoxy) is 1. The Hall–Kier alpha value is -0.860. The van der Waals surface area contributed by atoms with Crippen LogP contribution in [-0.2, 0) is 14.3 Å². The molecule has 0 aromatic heterocycles. The van der Waals surface area contributed by atoms with E-state index in [1.807, 2.05) is 6.92 Å². The summed E-state index contributed by atoms with van der Waals surface area (Å²) in [6.07, 6.45) is 9.99. The molecule has 154 valence electrons. The van der Waals surface area contributed by atoms with Crippen molar-refractivity contribution in [2.45, 2.75) is 106 Å². The standard InChI is InChI=1S/C23H44O3/c1-7-9-10-11-12-13-15-26-23(25)21(17-19(5)6)20(16-18(3)4)22(24)14-8-2/h18-21H,7-17H2,1-6H3. The van der Waals surface area contributed by atoms with E-state index in [9.17, 15) is 9.59 Å². The highest BCUT2D eigenvalue weighted by Crippen LogP contribution is 2.30. The SMILES string of the molecule is CCCCCCCCOC(=O)C(CC(C)C)C(CC(C)C)C(=O)CCC. The largest absolute Gasteiger partial charge is 0.465 e. The number of rotatable bonds is 16. The van der Waals surface area contributed by atoms with Gasteiger partial charge in [0.2, 0.25) is 0 Å². The Morgan fingerprint density at radius 1 is 0.731 bits per heavy atom. The number of unbranched alkanes of at least 4 members (excludes halogenated alkanes) is 5. The smallest absolute Gasteiger partial charge is 0.309 e. The summed E-state index contributed by atoms with van der Waals surface area (Å²) in [5.74, 6) is 0.407. The predicted octanol–water partition coefficient (Wildman–Crippen LogP) is 6.58. The van der Waals surface area contributed by atoms with Crippen LogP contribution in [0.2, 0.25) is 0 Å². The first-order valence-corrected chi connectivity index (χ1v) is 11.0. The summed E-state index contributed by atoms with van der Waals surface area (Å²) >= 11 is 0. The maximum Gasteiger partial charge on any atom is 0.309 e. The topological polar surface area (TPSA) is 43.4 Å². The Morgan fingerprint density at radius 2 is 1.27 bits per heavy atom. The fourth-order valence-corrected chi connectivity index (χ4v) is 3.55. The van der Waals surface area contributed by atoms with E-state index < -0.39 is 0 Å². The second kappa shape index (κ2) is 15.2. The van der Waals surface area contributed by atoms with Crippen molar-refractivity contribution >= 4 is 11.8 Å². The molecular formula is C23H44O3.